The number of aliphatic hydroxyl groups excluding tert-OH is 1. The Balaban J connectivity index is 2.11. The molecule has 1 saturated heterocycles. The zero-order valence-corrected chi connectivity index (χ0v) is 8.19. The Kier molecular flexibility index (Phi) is 2.68. The molecule has 1 N–H and O–H groups in total. The quantitative estimate of drug-likeness (QED) is 0.750. The van der Waals surface area contributed by atoms with E-state index >= 15 is 0 Å². The van der Waals surface area contributed by atoms with E-state index in [4.69, 9.17) is 0 Å². The van der Waals surface area contributed by atoms with Crippen molar-refractivity contribution in [3.05, 3.63) is 35.6 Å². The van der Waals surface area contributed by atoms with Crippen LogP contribution in [-0.4, -0.2) is 35.1 Å². The Morgan fingerprint density at radius 1 is 1.40 bits per heavy atom. The standard InChI is InChI=1S/C11H12FNO2/c12-9-3-1-8(2-4-9)11(15)13-6-5-10(14)7-13/h1-4,10,14H,5-7H2/t10-/m1/s1. The molecule has 15 heavy (non-hydrogen) atoms. The average molecular weight is 209 g/mol. The maximum Gasteiger partial charge on any atom is 0.253 e. The lowest BCUT2D eigenvalue weighted by Gasteiger charge is -2.15. The summed E-state index contributed by atoms with van der Waals surface area (Å²) in [6.07, 6.45) is 0.196. The second-order valence-electron chi connectivity index (χ2n) is 3.70. The summed E-state index contributed by atoms with van der Waals surface area (Å²) >= 11 is 0. The number of rotatable bonds is 1. The summed E-state index contributed by atoms with van der Waals surface area (Å²) in [7, 11) is 0. The number of carbonyl (C=O) groups excluding carboxylic acids is 1. The molecule has 1 fully saturated rings. The van der Waals surface area contributed by atoms with Crippen LogP contribution >= 0.6 is 0 Å². The number of aliphatic hydroxyl groups is 1. The summed E-state index contributed by atoms with van der Waals surface area (Å²) in [5.41, 5.74) is 0.463. The summed E-state index contributed by atoms with van der Waals surface area (Å²) < 4.78 is 12.6. The fourth-order valence-electron chi connectivity index (χ4n) is 1.70. The van der Waals surface area contributed by atoms with Crippen molar-refractivity contribution in [1.82, 2.24) is 4.90 Å². The zero-order valence-electron chi connectivity index (χ0n) is 8.19. The van der Waals surface area contributed by atoms with Gasteiger partial charge in [0.25, 0.3) is 5.91 Å². The van der Waals surface area contributed by atoms with Gasteiger partial charge in [-0.15, -0.1) is 0 Å². The molecule has 1 atom stereocenters. The van der Waals surface area contributed by atoms with Crippen LogP contribution in [0.3, 0.4) is 0 Å². The third kappa shape index (κ3) is 2.15. The van der Waals surface area contributed by atoms with Crippen LogP contribution in [0, 0.1) is 5.82 Å². The first-order chi connectivity index (χ1) is 7.16. The fraction of sp³-hybridized carbons (Fsp3) is 0.364. The maximum absolute atomic E-state index is 12.6. The van der Waals surface area contributed by atoms with Crippen LogP contribution < -0.4 is 0 Å². The third-order valence-electron chi connectivity index (χ3n) is 2.54. The molecule has 1 amide bonds. The van der Waals surface area contributed by atoms with Crippen molar-refractivity contribution >= 4 is 5.91 Å². The fourth-order valence-corrected chi connectivity index (χ4v) is 1.70. The smallest absolute Gasteiger partial charge is 0.253 e. The van der Waals surface area contributed by atoms with Crippen molar-refractivity contribution in [1.29, 1.82) is 0 Å². The van der Waals surface area contributed by atoms with Gasteiger partial charge in [0.05, 0.1) is 6.10 Å². The zero-order chi connectivity index (χ0) is 10.8. The summed E-state index contributed by atoms with van der Waals surface area (Å²) in [6.45, 7) is 0.938. The molecule has 0 bridgehead atoms. The van der Waals surface area contributed by atoms with E-state index in [1.165, 1.54) is 24.3 Å². The highest BCUT2D eigenvalue weighted by Crippen LogP contribution is 2.13. The van der Waals surface area contributed by atoms with Crippen molar-refractivity contribution in [2.45, 2.75) is 12.5 Å². The minimum atomic E-state index is -0.422. The van der Waals surface area contributed by atoms with Crippen molar-refractivity contribution in [2.24, 2.45) is 0 Å². The van der Waals surface area contributed by atoms with Crippen molar-refractivity contribution < 1.29 is 14.3 Å². The molecule has 4 heteroatoms. The average Bonchev–Trinajstić information content (AvgIpc) is 2.65. The molecule has 0 saturated carbocycles. The van der Waals surface area contributed by atoms with E-state index in [9.17, 15) is 14.3 Å². The molecular formula is C11H12FNO2. The van der Waals surface area contributed by atoms with Gasteiger partial charge in [0.15, 0.2) is 0 Å². The van der Waals surface area contributed by atoms with Crippen LogP contribution in [0.2, 0.25) is 0 Å². The van der Waals surface area contributed by atoms with Crippen LogP contribution in [-0.2, 0) is 0 Å². The van der Waals surface area contributed by atoms with Gasteiger partial charge in [0.1, 0.15) is 5.82 Å². The van der Waals surface area contributed by atoms with E-state index in [-0.39, 0.29) is 11.7 Å². The summed E-state index contributed by atoms with van der Waals surface area (Å²) in [6, 6.07) is 5.45. The van der Waals surface area contributed by atoms with Crippen LogP contribution in [0.15, 0.2) is 24.3 Å². The number of likely N-dealkylation sites (tertiary alicyclic amines) is 1. The molecule has 2 rings (SSSR count). The van der Waals surface area contributed by atoms with Gasteiger partial charge in [0.2, 0.25) is 0 Å². The first kappa shape index (κ1) is 10.1. The Morgan fingerprint density at radius 3 is 2.60 bits per heavy atom. The normalized spacial score (nSPS) is 20.7. The molecule has 0 radical (unpaired) electrons. The molecule has 1 aliphatic rings. The number of hydrogen-bond acceptors (Lipinski definition) is 2. The monoisotopic (exact) mass is 209 g/mol. The highest BCUT2D eigenvalue weighted by molar-refractivity contribution is 5.94. The summed E-state index contributed by atoms with van der Waals surface area (Å²) in [5, 5.41) is 9.29. The molecule has 1 heterocycles. The summed E-state index contributed by atoms with van der Waals surface area (Å²) in [4.78, 5) is 13.4. The van der Waals surface area contributed by atoms with Gasteiger partial charge in [-0.1, -0.05) is 0 Å². The molecule has 3 nitrogen and oxygen atoms in total. The molecule has 1 aromatic carbocycles. The van der Waals surface area contributed by atoms with Gasteiger partial charge >= 0.3 is 0 Å². The van der Waals surface area contributed by atoms with Crippen LogP contribution in [0.25, 0.3) is 0 Å². The molecule has 1 aliphatic heterocycles. The van der Waals surface area contributed by atoms with Gasteiger partial charge in [-0.2, -0.15) is 0 Å². The van der Waals surface area contributed by atoms with E-state index in [0.717, 1.165) is 0 Å². The Morgan fingerprint density at radius 2 is 2.07 bits per heavy atom. The summed E-state index contributed by atoms with van der Waals surface area (Å²) in [5.74, 6) is -0.500. The van der Waals surface area contributed by atoms with Crippen molar-refractivity contribution in [3.63, 3.8) is 0 Å². The minimum Gasteiger partial charge on any atom is -0.391 e. The second-order valence-corrected chi connectivity index (χ2v) is 3.70. The van der Waals surface area contributed by atoms with Crippen molar-refractivity contribution in [3.8, 4) is 0 Å². The van der Waals surface area contributed by atoms with E-state index in [1.807, 2.05) is 0 Å². The highest BCUT2D eigenvalue weighted by Gasteiger charge is 2.25. The predicted octanol–water partition coefficient (Wildman–Crippen LogP) is 1.03. The SMILES string of the molecule is O=C(c1ccc(F)cc1)N1CC[C@@H](O)C1. The van der Waals surface area contributed by atoms with Gasteiger partial charge in [-0.3, -0.25) is 4.79 Å². The third-order valence-corrected chi connectivity index (χ3v) is 2.54. The highest BCUT2D eigenvalue weighted by atomic mass is 19.1. The van der Waals surface area contributed by atoms with E-state index in [2.05, 4.69) is 0 Å². The number of carbonyl (C=O) groups is 1. The Bertz CT molecular complexity index is 363. The molecule has 1 aromatic rings. The Labute approximate surface area is 87.1 Å². The molecule has 0 spiro atoms. The second kappa shape index (κ2) is 3.98. The molecule has 0 aliphatic carbocycles. The lowest BCUT2D eigenvalue weighted by Crippen LogP contribution is -2.29. The predicted molar refractivity (Wildman–Crippen MR) is 52.9 cm³/mol. The minimum absolute atomic E-state index is 0.147. The number of hydrogen-bond donors (Lipinski definition) is 1. The van der Waals surface area contributed by atoms with Crippen molar-refractivity contribution in [2.75, 3.05) is 13.1 Å². The topological polar surface area (TPSA) is 40.5 Å². The molecule has 0 unspecified atom stereocenters. The number of halogens is 1. The Hall–Kier alpha value is -1.42. The van der Waals surface area contributed by atoms with Crippen LogP contribution in [0.5, 0.6) is 0 Å². The van der Waals surface area contributed by atoms with Crippen LogP contribution in [0.4, 0.5) is 4.39 Å². The number of β-amino-alcohol motifs (C(OH)–C–C–N with tert-alkyl or cyclic N) is 1. The van der Waals surface area contributed by atoms with Crippen LogP contribution in [0.1, 0.15) is 16.8 Å². The number of benzene rings is 1. The molecule has 80 valence electrons. The van der Waals surface area contributed by atoms with Gasteiger partial charge < -0.3 is 10.0 Å². The van der Waals surface area contributed by atoms with Gasteiger partial charge in [-0.25, -0.2) is 4.39 Å². The lowest BCUT2D eigenvalue weighted by atomic mass is 10.2. The van der Waals surface area contributed by atoms with Gasteiger partial charge in [0, 0.05) is 18.7 Å². The molecule has 0 aromatic heterocycles. The van der Waals surface area contributed by atoms with E-state index in [1.54, 1.807) is 4.90 Å². The van der Waals surface area contributed by atoms with Gasteiger partial charge in [-0.05, 0) is 30.7 Å². The maximum atomic E-state index is 12.6. The number of nitrogens with zero attached hydrogens (tertiary/aromatic N) is 1. The largest absolute Gasteiger partial charge is 0.391 e. The first-order valence-corrected chi connectivity index (χ1v) is 4.90. The molecular weight excluding hydrogens is 197 g/mol. The van der Waals surface area contributed by atoms with E-state index in [0.29, 0.717) is 25.1 Å². The number of amides is 1. The van der Waals surface area contributed by atoms with E-state index < -0.39 is 6.10 Å². The first-order valence-electron chi connectivity index (χ1n) is 4.90. The lowest BCUT2D eigenvalue weighted by molar-refractivity contribution is 0.0765.